The fraction of sp³-hybridized carbons (Fsp3) is 0.292. The summed E-state index contributed by atoms with van der Waals surface area (Å²) < 4.78 is 5.40. The van der Waals surface area contributed by atoms with E-state index in [0.717, 1.165) is 23.4 Å². The van der Waals surface area contributed by atoms with Crippen LogP contribution in [0.3, 0.4) is 0 Å². The molecule has 30 heavy (non-hydrogen) atoms. The molecule has 0 fully saturated rings. The Kier molecular flexibility index (Phi) is 5.40. The Bertz CT molecular complexity index is 1060. The lowest BCUT2D eigenvalue weighted by molar-refractivity contribution is -0.117. The van der Waals surface area contributed by atoms with E-state index in [0.29, 0.717) is 29.1 Å². The first kappa shape index (κ1) is 19.9. The maximum atomic E-state index is 13.3. The molecule has 6 nitrogen and oxygen atoms in total. The average Bonchev–Trinajstić information content (AvgIpc) is 2.73. The van der Waals surface area contributed by atoms with Gasteiger partial charge in [-0.2, -0.15) is 0 Å². The van der Waals surface area contributed by atoms with E-state index in [2.05, 4.69) is 22.5 Å². The highest BCUT2D eigenvalue weighted by Gasteiger charge is 2.40. The van der Waals surface area contributed by atoms with Crippen LogP contribution < -0.4 is 15.4 Å². The number of hydrogen-bond acceptors (Lipinski definition) is 5. The fourth-order valence-corrected chi connectivity index (χ4v) is 4.31. The van der Waals surface area contributed by atoms with Gasteiger partial charge in [0.2, 0.25) is 0 Å². The van der Waals surface area contributed by atoms with E-state index < -0.39 is 5.92 Å². The molecule has 6 heteroatoms. The largest absolute Gasteiger partial charge is 0.497 e. The molecule has 0 unspecified atom stereocenters. The summed E-state index contributed by atoms with van der Waals surface area (Å²) in [4.78, 5) is 30.7. The third kappa shape index (κ3) is 3.73. The number of carbonyl (C=O) groups is 2. The summed E-state index contributed by atoms with van der Waals surface area (Å²) in [6.07, 6.45) is 2.89. The summed E-state index contributed by atoms with van der Waals surface area (Å²) in [5.74, 6) is 0.776. The number of rotatable bonds is 4. The molecule has 0 saturated carbocycles. The van der Waals surface area contributed by atoms with Gasteiger partial charge in [0, 0.05) is 41.1 Å². The predicted molar refractivity (Wildman–Crippen MR) is 115 cm³/mol. The highest BCUT2D eigenvalue weighted by molar-refractivity contribution is 6.09. The third-order valence-corrected chi connectivity index (χ3v) is 5.61. The van der Waals surface area contributed by atoms with Crippen molar-refractivity contribution in [2.45, 2.75) is 32.6 Å². The second-order valence-electron chi connectivity index (χ2n) is 7.87. The van der Waals surface area contributed by atoms with Gasteiger partial charge in [-0.3, -0.25) is 9.59 Å². The normalized spacial score (nSPS) is 21.1. The minimum atomic E-state index is -0.458. The highest BCUT2D eigenvalue weighted by atomic mass is 16.5. The Hall–Kier alpha value is -3.41. The second-order valence-corrected chi connectivity index (χ2v) is 7.87. The van der Waals surface area contributed by atoms with Crippen LogP contribution in [0.15, 0.2) is 71.2 Å². The predicted octanol–water partition coefficient (Wildman–Crippen LogP) is 3.94. The van der Waals surface area contributed by atoms with Crippen LogP contribution in [0, 0.1) is 5.92 Å². The van der Waals surface area contributed by atoms with E-state index in [4.69, 9.17) is 4.74 Å². The quantitative estimate of drug-likeness (QED) is 0.808. The number of nitrogens with zero attached hydrogens (tertiary/aromatic N) is 1. The standard InChI is InChI=1S/C24H25N3O3/c1-14-11-18-23(19(28)12-14)22(16-7-6-8-17(13-16)30-3)21(15(2)26-18)24(29)27-20-9-4-5-10-25-20/h4-10,13-14,22,26H,11-12H2,1-3H3,(H,25,27,29)/t14-,22-/m0/s1. The first-order valence-corrected chi connectivity index (χ1v) is 10.1. The van der Waals surface area contributed by atoms with Crippen LogP contribution in [0.25, 0.3) is 0 Å². The van der Waals surface area contributed by atoms with Crippen LogP contribution in [0.4, 0.5) is 5.82 Å². The molecule has 1 amide bonds. The van der Waals surface area contributed by atoms with Gasteiger partial charge in [0.15, 0.2) is 5.78 Å². The topological polar surface area (TPSA) is 80.3 Å². The highest BCUT2D eigenvalue weighted by Crippen LogP contribution is 2.44. The summed E-state index contributed by atoms with van der Waals surface area (Å²) in [6.45, 7) is 3.96. The molecular formula is C24H25N3O3. The van der Waals surface area contributed by atoms with Crippen LogP contribution in [-0.4, -0.2) is 23.8 Å². The van der Waals surface area contributed by atoms with Crippen LogP contribution >= 0.6 is 0 Å². The van der Waals surface area contributed by atoms with Gasteiger partial charge in [-0.15, -0.1) is 0 Å². The SMILES string of the molecule is COc1cccc([C@H]2C(C(=O)Nc3ccccn3)=C(C)NC3=C2C(=O)C[C@@H](C)C3)c1. The zero-order valence-electron chi connectivity index (χ0n) is 17.4. The van der Waals surface area contributed by atoms with Gasteiger partial charge in [-0.1, -0.05) is 25.1 Å². The Morgan fingerprint density at radius 3 is 2.77 bits per heavy atom. The van der Waals surface area contributed by atoms with Gasteiger partial charge in [0.05, 0.1) is 7.11 Å². The molecule has 1 aliphatic heterocycles. The Balaban J connectivity index is 1.81. The van der Waals surface area contributed by atoms with Gasteiger partial charge < -0.3 is 15.4 Å². The number of pyridine rings is 1. The average molecular weight is 403 g/mol. The summed E-state index contributed by atoms with van der Waals surface area (Å²) in [5, 5.41) is 6.23. The number of benzene rings is 1. The lowest BCUT2D eigenvalue weighted by Crippen LogP contribution is -2.37. The number of methoxy groups -OCH3 is 1. The van der Waals surface area contributed by atoms with Crippen molar-refractivity contribution in [3.05, 3.63) is 76.8 Å². The first-order chi connectivity index (χ1) is 14.5. The summed E-state index contributed by atoms with van der Waals surface area (Å²) in [5.41, 5.74) is 3.72. The Morgan fingerprint density at radius 1 is 1.20 bits per heavy atom. The van der Waals surface area contributed by atoms with Gasteiger partial charge in [0.25, 0.3) is 5.91 Å². The van der Waals surface area contributed by atoms with Crippen molar-refractivity contribution in [1.29, 1.82) is 0 Å². The molecule has 1 aliphatic carbocycles. The van der Waals surface area contributed by atoms with Crippen LogP contribution in [0.2, 0.25) is 0 Å². The van der Waals surface area contributed by atoms with E-state index in [-0.39, 0.29) is 17.6 Å². The van der Waals surface area contributed by atoms with Crippen molar-refractivity contribution in [3.63, 3.8) is 0 Å². The number of allylic oxidation sites excluding steroid dienone is 3. The summed E-state index contributed by atoms with van der Waals surface area (Å²) in [7, 11) is 1.61. The van der Waals surface area contributed by atoms with Crippen LogP contribution in [0.5, 0.6) is 5.75 Å². The van der Waals surface area contributed by atoms with Crippen molar-refractivity contribution in [1.82, 2.24) is 10.3 Å². The first-order valence-electron chi connectivity index (χ1n) is 10.1. The van der Waals surface area contributed by atoms with Gasteiger partial charge in [0.1, 0.15) is 11.6 Å². The van der Waals surface area contributed by atoms with E-state index in [1.807, 2.05) is 37.3 Å². The number of anilines is 1. The number of carbonyl (C=O) groups excluding carboxylic acids is 2. The smallest absolute Gasteiger partial charge is 0.255 e. The third-order valence-electron chi connectivity index (χ3n) is 5.61. The molecule has 0 spiro atoms. The second kappa shape index (κ2) is 8.14. The zero-order valence-corrected chi connectivity index (χ0v) is 17.4. The Labute approximate surface area is 176 Å². The molecule has 2 atom stereocenters. The van der Waals surface area contributed by atoms with Crippen LogP contribution in [-0.2, 0) is 9.59 Å². The molecule has 4 rings (SSSR count). The number of Topliss-reactive ketones (excluding diaryl/α,β-unsaturated/α-hetero) is 1. The summed E-state index contributed by atoms with van der Waals surface area (Å²) in [6, 6.07) is 12.9. The van der Waals surface area contributed by atoms with Crippen molar-refractivity contribution in [2.24, 2.45) is 5.92 Å². The number of ketones is 1. The van der Waals surface area contributed by atoms with Gasteiger partial charge >= 0.3 is 0 Å². The van der Waals surface area contributed by atoms with Gasteiger partial charge in [-0.05, 0) is 49.1 Å². The fourth-order valence-electron chi connectivity index (χ4n) is 4.31. The van der Waals surface area contributed by atoms with E-state index in [9.17, 15) is 9.59 Å². The minimum absolute atomic E-state index is 0.0831. The molecule has 0 saturated heterocycles. The number of ether oxygens (including phenoxy) is 1. The number of aromatic nitrogens is 1. The lowest BCUT2D eigenvalue weighted by Gasteiger charge is -2.36. The summed E-state index contributed by atoms with van der Waals surface area (Å²) >= 11 is 0. The lowest BCUT2D eigenvalue weighted by atomic mass is 9.73. The maximum Gasteiger partial charge on any atom is 0.255 e. The molecule has 1 aromatic heterocycles. The van der Waals surface area contributed by atoms with Crippen LogP contribution in [0.1, 0.15) is 38.2 Å². The molecule has 2 aromatic rings. The molecule has 0 bridgehead atoms. The molecule has 1 aromatic carbocycles. The van der Waals surface area contributed by atoms with E-state index >= 15 is 0 Å². The molecule has 2 aliphatic rings. The van der Waals surface area contributed by atoms with Crippen molar-refractivity contribution in [2.75, 3.05) is 12.4 Å². The van der Waals surface area contributed by atoms with E-state index in [1.165, 1.54) is 0 Å². The number of amides is 1. The number of nitrogens with one attached hydrogen (secondary N) is 2. The van der Waals surface area contributed by atoms with E-state index in [1.54, 1.807) is 25.4 Å². The molecule has 0 radical (unpaired) electrons. The van der Waals surface area contributed by atoms with Crippen molar-refractivity contribution in [3.8, 4) is 5.75 Å². The Morgan fingerprint density at radius 2 is 2.03 bits per heavy atom. The molecular weight excluding hydrogens is 378 g/mol. The van der Waals surface area contributed by atoms with Crippen molar-refractivity contribution >= 4 is 17.5 Å². The molecule has 154 valence electrons. The number of dihydropyridines is 1. The maximum absolute atomic E-state index is 13.3. The molecule has 2 N–H and O–H groups in total. The monoisotopic (exact) mass is 403 g/mol. The minimum Gasteiger partial charge on any atom is -0.497 e. The van der Waals surface area contributed by atoms with Crippen molar-refractivity contribution < 1.29 is 14.3 Å². The molecule has 2 heterocycles. The van der Waals surface area contributed by atoms with Gasteiger partial charge in [-0.25, -0.2) is 4.98 Å². The zero-order chi connectivity index (χ0) is 21.3. The number of hydrogen-bond donors (Lipinski definition) is 2.